The van der Waals surface area contributed by atoms with E-state index >= 15 is 0 Å². The zero-order valence-electron chi connectivity index (χ0n) is 17.6. The molecule has 2 N–H and O–H groups in total. The first-order valence-corrected chi connectivity index (χ1v) is 10.4. The number of carboxylic acid groups (broad SMARTS) is 1. The lowest BCUT2D eigenvalue weighted by molar-refractivity contribution is -0.384. The highest BCUT2D eigenvalue weighted by atomic mass is 16.7. The number of benzene rings is 1. The number of nitrogens with zero attached hydrogens (tertiary/aromatic N) is 2. The number of likely N-dealkylation sites (tertiary alicyclic amines) is 1. The van der Waals surface area contributed by atoms with Crippen LogP contribution in [0.3, 0.4) is 0 Å². The minimum Gasteiger partial charge on any atom is -0.465 e. The van der Waals surface area contributed by atoms with Gasteiger partial charge in [0.1, 0.15) is 11.9 Å². The molecule has 1 saturated heterocycles. The van der Waals surface area contributed by atoms with Crippen molar-refractivity contribution in [2.45, 2.75) is 44.6 Å². The van der Waals surface area contributed by atoms with Crippen molar-refractivity contribution < 1.29 is 38.6 Å². The Bertz CT molecular complexity index is 777. The van der Waals surface area contributed by atoms with Crippen LogP contribution in [0.2, 0.25) is 0 Å². The summed E-state index contributed by atoms with van der Waals surface area (Å²) in [6, 6.07) is 5.09. The molecule has 0 spiro atoms. The Kier molecular flexibility index (Phi) is 10.0. The van der Waals surface area contributed by atoms with Crippen LogP contribution in [0.15, 0.2) is 24.3 Å². The van der Waals surface area contributed by atoms with Gasteiger partial charge >= 0.3 is 18.3 Å². The molecule has 176 valence electrons. The Balaban J connectivity index is 1.45. The summed E-state index contributed by atoms with van der Waals surface area (Å²) in [5.41, 5.74) is -0.102. The number of hydrogen-bond acceptors (Lipinski definition) is 8. The standard InChI is InChI=1S/C20H27N3O9/c24-18(31-17-9-12-22(13-10-17)19(25)26)21-11-3-1-2-4-14-30-20(27)32-16-7-5-15(6-8-16)23(28)29/h5-8,17H,1-4,9-14H2,(H,21,24)(H,25,26). The number of alkyl carbamates (subject to hydrolysis) is 1. The number of nitro benzene ring substituents is 1. The van der Waals surface area contributed by atoms with Gasteiger partial charge in [0.25, 0.3) is 5.69 Å². The molecule has 1 fully saturated rings. The normalized spacial score (nSPS) is 13.8. The fourth-order valence-corrected chi connectivity index (χ4v) is 3.05. The van der Waals surface area contributed by atoms with Crippen LogP contribution in [0.25, 0.3) is 0 Å². The van der Waals surface area contributed by atoms with Crippen molar-refractivity contribution in [3.63, 3.8) is 0 Å². The van der Waals surface area contributed by atoms with Crippen LogP contribution in [0.5, 0.6) is 5.75 Å². The predicted molar refractivity (Wildman–Crippen MR) is 111 cm³/mol. The number of non-ortho nitro benzene ring substituents is 1. The van der Waals surface area contributed by atoms with Crippen LogP contribution in [0, 0.1) is 10.1 Å². The van der Waals surface area contributed by atoms with E-state index in [0.717, 1.165) is 19.3 Å². The zero-order chi connectivity index (χ0) is 23.3. The second-order valence-electron chi connectivity index (χ2n) is 7.17. The molecule has 2 rings (SSSR count). The van der Waals surface area contributed by atoms with Crippen molar-refractivity contribution in [1.29, 1.82) is 0 Å². The number of piperidine rings is 1. The van der Waals surface area contributed by atoms with Crippen molar-refractivity contribution in [2.24, 2.45) is 0 Å². The van der Waals surface area contributed by atoms with E-state index in [0.29, 0.717) is 38.9 Å². The number of unbranched alkanes of at least 4 members (excludes halogenated alkanes) is 3. The Labute approximate surface area is 184 Å². The van der Waals surface area contributed by atoms with E-state index in [1.807, 2.05) is 0 Å². The first-order chi connectivity index (χ1) is 15.3. The number of nitrogens with one attached hydrogen (secondary N) is 1. The number of carbonyl (C=O) groups is 3. The van der Waals surface area contributed by atoms with E-state index in [2.05, 4.69) is 5.32 Å². The van der Waals surface area contributed by atoms with E-state index in [4.69, 9.17) is 19.3 Å². The van der Waals surface area contributed by atoms with Gasteiger partial charge in [-0.15, -0.1) is 0 Å². The maximum Gasteiger partial charge on any atom is 0.513 e. The van der Waals surface area contributed by atoms with Crippen molar-refractivity contribution in [3.05, 3.63) is 34.4 Å². The fourth-order valence-electron chi connectivity index (χ4n) is 3.05. The van der Waals surface area contributed by atoms with Crippen LogP contribution in [0.1, 0.15) is 38.5 Å². The van der Waals surface area contributed by atoms with Gasteiger partial charge in [-0.3, -0.25) is 10.1 Å². The smallest absolute Gasteiger partial charge is 0.465 e. The molecule has 12 heteroatoms. The van der Waals surface area contributed by atoms with Crippen molar-refractivity contribution in [1.82, 2.24) is 10.2 Å². The van der Waals surface area contributed by atoms with Crippen molar-refractivity contribution >= 4 is 24.0 Å². The molecule has 0 radical (unpaired) electrons. The Morgan fingerprint density at radius 1 is 1.09 bits per heavy atom. The van der Waals surface area contributed by atoms with Crippen LogP contribution in [0.4, 0.5) is 20.1 Å². The summed E-state index contributed by atoms with van der Waals surface area (Å²) in [7, 11) is 0. The molecule has 2 amide bonds. The number of amides is 2. The van der Waals surface area contributed by atoms with Crippen LogP contribution in [-0.2, 0) is 9.47 Å². The Hall–Kier alpha value is -3.57. The lowest BCUT2D eigenvalue weighted by Gasteiger charge is -2.29. The fraction of sp³-hybridized carbons (Fsp3) is 0.550. The first-order valence-electron chi connectivity index (χ1n) is 10.4. The highest BCUT2D eigenvalue weighted by Gasteiger charge is 2.24. The molecule has 0 aromatic heterocycles. The number of nitro groups is 1. The van der Waals surface area contributed by atoms with Crippen molar-refractivity contribution in [3.8, 4) is 5.75 Å². The van der Waals surface area contributed by atoms with Crippen LogP contribution >= 0.6 is 0 Å². The van der Waals surface area contributed by atoms with Crippen LogP contribution in [-0.4, -0.2) is 65.6 Å². The Morgan fingerprint density at radius 2 is 1.75 bits per heavy atom. The molecule has 1 aliphatic rings. The predicted octanol–water partition coefficient (Wildman–Crippen LogP) is 3.54. The van der Waals surface area contributed by atoms with Gasteiger partial charge in [0, 0.05) is 44.6 Å². The molecule has 32 heavy (non-hydrogen) atoms. The van der Waals surface area contributed by atoms with Gasteiger partial charge in [-0.1, -0.05) is 6.42 Å². The lowest BCUT2D eigenvalue weighted by Crippen LogP contribution is -2.41. The number of ether oxygens (including phenoxy) is 3. The van der Waals surface area contributed by atoms with E-state index in [1.165, 1.54) is 29.2 Å². The molecule has 1 aromatic carbocycles. The topological polar surface area (TPSA) is 158 Å². The van der Waals surface area contributed by atoms with Gasteiger partial charge in [0.05, 0.1) is 11.5 Å². The van der Waals surface area contributed by atoms with Crippen molar-refractivity contribution in [2.75, 3.05) is 26.2 Å². The second-order valence-corrected chi connectivity index (χ2v) is 7.17. The third-order valence-corrected chi connectivity index (χ3v) is 4.80. The van der Waals surface area contributed by atoms with E-state index < -0.39 is 23.3 Å². The third kappa shape index (κ3) is 9.06. The summed E-state index contributed by atoms with van der Waals surface area (Å²) in [4.78, 5) is 45.5. The third-order valence-electron chi connectivity index (χ3n) is 4.80. The first kappa shape index (κ1) is 24.7. The summed E-state index contributed by atoms with van der Waals surface area (Å²) in [5, 5.41) is 22.1. The lowest BCUT2D eigenvalue weighted by atomic mass is 10.1. The van der Waals surface area contributed by atoms with Gasteiger partial charge in [-0.25, -0.2) is 14.4 Å². The number of rotatable bonds is 10. The minimum atomic E-state index is -0.959. The molecule has 1 aliphatic heterocycles. The van der Waals surface area contributed by atoms with E-state index in [1.54, 1.807) is 0 Å². The average molecular weight is 453 g/mol. The molecule has 0 unspecified atom stereocenters. The summed E-state index contributed by atoms with van der Waals surface area (Å²) >= 11 is 0. The largest absolute Gasteiger partial charge is 0.513 e. The molecule has 0 bridgehead atoms. The molecule has 12 nitrogen and oxygen atoms in total. The number of carbonyl (C=O) groups excluding carboxylic acids is 2. The van der Waals surface area contributed by atoms with E-state index in [-0.39, 0.29) is 24.1 Å². The van der Waals surface area contributed by atoms with Gasteiger partial charge in [-0.05, 0) is 31.4 Å². The zero-order valence-corrected chi connectivity index (χ0v) is 17.6. The van der Waals surface area contributed by atoms with Gasteiger partial charge in [0.2, 0.25) is 0 Å². The molecular formula is C20H27N3O9. The highest BCUT2D eigenvalue weighted by Crippen LogP contribution is 2.18. The second kappa shape index (κ2) is 13.0. The molecule has 1 aromatic rings. The quantitative estimate of drug-likeness (QED) is 0.178. The summed E-state index contributed by atoms with van der Waals surface area (Å²) in [5.74, 6) is 0.158. The minimum absolute atomic E-state index is 0.102. The maximum absolute atomic E-state index is 11.8. The van der Waals surface area contributed by atoms with Gasteiger partial charge < -0.3 is 29.5 Å². The monoisotopic (exact) mass is 453 g/mol. The SMILES string of the molecule is O=C(NCCCCCCOC(=O)Oc1ccc([N+](=O)[O-])cc1)OC1CCN(C(=O)O)CC1. The molecule has 0 saturated carbocycles. The summed E-state index contributed by atoms with van der Waals surface area (Å²) in [6.07, 6.45) is 1.34. The summed E-state index contributed by atoms with van der Waals surface area (Å²) < 4.78 is 15.2. The van der Waals surface area contributed by atoms with Gasteiger partial charge in [-0.2, -0.15) is 0 Å². The average Bonchev–Trinajstić information content (AvgIpc) is 2.76. The Morgan fingerprint density at radius 3 is 2.38 bits per heavy atom. The summed E-state index contributed by atoms with van der Waals surface area (Å²) in [6.45, 7) is 1.35. The van der Waals surface area contributed by atoms with Gasteiger partial charge in [0.15, 0.2) is 0 Å². The van der Waals surface area contributed by atoms with E-state index in [9.17, 15) is 24.5 Å². The highest BCUT2D eigenvalue weighted by molar-refractivity contribution is 5.67. The molecule has 1 heterocycles. The maximum atomic E-state index is 11.8. The number of hydrogen-bond donors (Lipinski definition) is 2. The molecular weight excluding hydrogens is 426 g/mol. The van der Waals surface area contributed by atoms with Crippen LogP contribution < -0.4 is 10.1 Å². The molecule has 0 aliphatic carbocycles. The molecule has 0 atom stereocenters.